The Labute approximate surface area is 112 Å². The molecule has 100 valence electrons. The number of imidazole rings is 1. The molecule has 0 bridgehead atoms. The number of rotatable bonds is 2. The number of nitrogens with two attached hydrogens (primary N) is 1. The molecular formula is C12H10F3N3S. The van der Waals surface area contributed by atoms with Gasteiger partial charge in [-0.3, -0.25) is 0 Å². The molecule has 0 radical (unpaired) electrons. The fourth-order valence-electron chi connectivity index (χ4n) is 1.78. The minimum Gasteiger partial charge on any atom is -0.389 e. The van der Waals surface area contributed by atoms with E-state index < -0.39 is 11.7 Å². The first-order chi connectivity index (χ1) is 8.80. The zero-order chi connectivity index (χ0) is 14.2. The second-order valence-electron chi connectivity index (χ2n) is 3.94. The van der Waals surface area contributed by atoms with Crippen molar-refractivity contribution in [2.24, 2.45) is 5.73 Å². The third-order valence-corrected chi connectivity index (χ3v) is 2.90. The average molecular weight is 285 g/mol. The van der Waals surface area contributed by atoms with Crippen molar-refractivity contribution in [3.05, 3.63) is 47.5 Å². The Kier molecular flexibility index (Phi) is 3.32. The van der Waals surface area contributed by atoms with Crippen LogP contribution in [0.3, 0.4) is 0 Å². The monoisotopic (exact) mass is 285 g/mol. The molecule has 0 atom stereocenters. The second-order valence-corrected chi connectivity index (χ2v) is 4.38. The van der Waals surface area contributed by atoms with Crippen LogP contribution in [0.2, 0.25) is 0 Å². The summed E-state index contributed by atoms with van der Waals surface area (Å²) in [6, 6.07) is 3.82. The summed E-state index contributed by atoms with van der Waals surface area (Å²) in [7, 11) is 0. The van der Waals surface area contributed by atoms with Crippen LogP contribution in [0.25, 0.3) is 5.69 Å². The van der Waals surface area contributed by atoms with E-state index in [1.807, 2.05) is 0 Å². The van der Waals surface area contributed by atoms with Gasteiger partial charge in [0.05, 0.1) is 5.56 Å². The molecule has 0 saturated carbocycles. The van der Waals surface area contributed by atoms with Crippen molar-refractivity contribution in [2.45, 2.75) is 13.1 Å². The van der Waals surface area contributed by atoms with Crippen molar-refractivity contribution in [2.75, 3.05) is 0 Å². The van der Waals surface area contributed by atoms with Crippen LogP contribution < -0.4 is 5.73 Å². The molecule has 1 heterocycles. The van der Waals surface area contributed by atoms with E-state index in [4.69, 9.17) is 5.73 Å². The van der Waals surface area contributed by atoms with Gasteiger partial charge in [-0.05, 0) is 25.1 Å². The molecule has 0 amide bonds. The van der Waals surface area contributed by atoms with Crippen LogP contribution in [0.5, 0.6) is 0 Å². The maximum atomic E-state index is 13.0. The molecule has 7 heteroatoms. The van der Waals surface area contributed by atoms with Crippen molar-refractivity contribution in [1.82, 2.24) is 9.55 Å². The van der Waals surface area contributed by atoms with E-state index >= 15 is 0 Å². The van der Waals surface area contributed by atoms with E-state index in [-0.39, 0.29) is 10.6 Å². The summed E-state index contributed by atoms with van der Waals surface area (Å²) in [5.41, 5.74) is 4.67. The van der Waals surface area contributed by atoms with Crippen molar-refractivity contribution in [3.8, 4) is 5.69 Å². The number of halogens is 3. The number of aromatic nitrogens is 2. The fourth-order valence-corrected chi connectivity index (χ4v) is 1.96. The van der Waals surface area contributed by atoms with Gasteiger partial charge in [0.25, 0.3) is 0 Å². The van der Waals surface area contributed by atoms with Gasteiger partial charge in [0.15, 0.2) is 0 Å². The van der Waals surface area contributed by atoms with E-state index in [2.05, 4.69) is 17.2 Å². The SMILES string of the molecule is Cc1nccn1-c1ccc(C(N)=S)c(C(F)(F)F)c1. The fraction of sp³-hybridized carbons (Fsp3) is 0.167. The van der Waals surface area contributed by atoms with E-state index in [0.29, 0.717) is 11.5 Å². The molecule has 0 unspecified atom stereocenters. The second kappa shape index (κ2) is 4.65. The lowest BCUT2D eigenvalue weighted by molar-refractivity contribution is -0.137. The first-order valence-corrected chi connectivity index (χ1v) is 5.73. The Morgan fingerprint density at radius 1 is 1.37 bits per heavy atom. The van der Waals surface area contributed by atoms with E-state index in [1.165, 1.54) is 18.3 Å². The van der Waals surface area contributed by atoms with Gasteiger partial charge in [-0.25, -0.2) is 4.98 Å². The zero-order valence-corrected chi connectivity index (χ0v) is 10.7. The van der Waals surface area contributed by atoms with Crippen LogP contribution in [0.15, 0.2) is 30.6 Å². The molecule has 3 nitrogen and oxygen atoms in total. The van der Waals surface area contributed by atoms with Gasteiger partial charge in [0.2, 0.25) is 0 Å². The predicted molar refractivity (Wildman–Crippen MR) is 69.2 cm³/mol. The summed E-state index contributed by atoms with van der Waals surface area (Å²) in [4.78, 5) is 3.70. The zero-order valence-electron chi connectivity index (χ0n) is 9.90. The van der Waals surface area contributed by atoms with Gasteiger partial charge < -0.3 is 10.3 Å². The quantitative estimate of drug-likeness (QED) is 0.863. The number of thiocarbonyl (C=S) groups is 1. The highest BCUT2D eigenvalue weighted by Crippen LogP contribution is 2.33. The summed E-state index contributed by atoms with van der Waals surface area (Å²) in [5.74, 6) is 0.594. The highest BCUT2D eigenvalue weighted by Gasteiger charge is 2.34. The summed E-state index contributed by atoms with van der Waals surface area (Å²) >= 11 is 4.65. The molecule has 1 aromatic heterocycles. The summed E-state index contributed by atoms with van der Waals surface area (Å²) in [5, 5.41) is 0. The van der Waals surface area contributed by atoms with Gasteiger partial charge in [-0.1, -0.05) is 12.2 Å². The van der Waals surface area contributed by atoms with E-state index in [0.717, 1.165) is 6.07 Å². The number of alkyl halides is 3. The van der Waals surface area contributed by atoms with Crippen molar-refractivity contribution >= 4 is 17.2 Å². The maximum absolute atomic E-state index is 13.0. The Morgan fingerprint density at radius 3 is 2.53 bits per heavy atom. The van der Waals surface area contributed by atoms with E-state index in [9.17, 15) is 13.2 Å². The highest BCUT2D eigenvalue weighted by molar-refractivity contribution is 7.80. The minimum absolute atomic E-state index is 0.177. The van der Waals surface area contributed by atoms with Gasteiger partial charge in [0.1, 0.15) is 10.8 Å². The lowest BCUT2D eigenvalue weighted by atomic mass is 10.1. The molecule has 0 spiro atoms. The van der Waals surface area contributed by atoms with Crippen LogP contribution in [0.1, 0.15) is 17.0 Å². The number of hydrogen-bond acceptors (Lipinski definition) is 2. The number of aryl methyl sites for hydroxylation is 1. The molecule has 0 saturated heterocycles. The Hall–Kier alpha value is -1.89. The Balaban J connectivity index is 2.63. The van der Waals surface area contributed by atoms with Crippen molar-refractivity contribution < 1.29 is 13.2 Å². The third kappa shape index (κ3) is 2.60. The minimum atomic E-state index is -4.51. The summed E-state index contributed by atoms with van der Waals surface area (Å²) in [6.45, 7) is 1.70. The summed E-state index contributed by atoms with van der Waals surface area (Å²) < 4.78 is 40.5. The molecule has 0 fully saturated rings. The van der Waals surface area contributed by atoms with Crippen LogP contribution in [0, 0.1) is 6.92 Å². The molecule has 2 N–H and O–H groups in total. The van der Waals surface area contributed by atoms with Crippen LogP contribution in [-0.4, -0.2) is 14.5 Å². The lowest BCUT2D eigenvalue weighted by Gasteiger charge is -2.14. The molecule has 1 aromatic carbocycles. The number of hydrogen-bond donors (Lipinski definition) is 1. The molecule has 2 rings (SSSR count). The molecule has 19 heavy (non-hydrogen) atoms. The highest BCUT2D eigenvalue weighted by atomic mass is 32.1. The van der Waals surface area contributed by atoms with Crippen molar-refractivity contribution in [1.29, 1.82) is 0 Å². The molecule has 0 aliphatic rings. The van der Waals surface area contributed by atoms with Gasteiger partial charge in [-0.15, -0.1) is 0 Å². The maximum Gasteiger partial charge on any atom is 0.417 e. The van der Waals surface area contributed by atoms with E-state index in [1.54, 1.807) is 17.7 Å². The van der Waals surface area contributed by atoms with Crippen molar-refractivity contribution in [3.63, 3.8) is 0 Å². The van der Waals surface area contributed by atoms with Crippen LogP contribution >= 0.6 is 12.2 Å². The predicted octanol–water partition coefficient (Wildman–Crippen LogP) is 2.83. The third-order valence-electron chi connectivity index (χ3n) is 2.68. The number of nitrogens with zero attached hydrogens (tertiary/aromatic N) is 2. The molecule has 0 aliphatic carbocycles. The smallest absolute Gasteiger partial charge is 0.389 e. The summed E-state index contributed by atoms with van der Waals surface area (Å²) in [6.07, 6.45) is -1.40. The Morgan fingerprint density at radius 2 is 2.05 bits per heavy atom. The average Bonchev–Trinajstić information content (AvgIpc) is 2.73. The molecule has 0 aliphatic heterocycles. The molecule has 2 aromatic rings. The Bertz CT molecular complexity index is 631. The van der Waals surface area contributed by atoms with Crippen LogP contribution in [0.4, 0.5) is 13.2 Å². The topological polar surface area (TPSA) is 43.8 Å². The van der Waals surface area contributed by atoms with Gasteiger partial charge in [-0.2, -0.15) is 13.2 Å². The standard InChI is InChI=1S/C12H10F3N3S/c1-7-17-4-5-18(7)8-2-3-9(11(16)19)10(6-8)12(13,14)15/h2-6H,1H3,(H2,16,19). The first-order valence-electron chi connectivity index (χ1n) is 5.32. The van der Waals surface area contributed by atoms with Gasteiger partial charge in [0, 0.05) is 23.6 Å². The molecular weight excluding hydrogens is 275 g/mol. The van der Waals surface area contributed by atoms with Crippen LogP contribution in [-0.2, 0) is 6.18 Å². The lowest BCUT2D eigenvalue weighted by Crippen LogP contribution is -2.18. The number of benzene rings is 1. The first kappa shape index (κ1) is 13.5. The normalized spacial score (nSPS) is 11.6. The largest absolute Gasteiger partial charge is 0.417 e. The van der Waals surface area contributed by atoms with Gasteiger partial charge >= 0.3 is 6.18 Å².